The van der Waals surface area contributed by atoms with Gasteiger partial charge >= 0.3 is 6.18 Å². The van der Waals surface area contributed by atoms with E-state index in [4.69, 9.17) is 4.74 Å². The number of nitrogens with zero attached hydrogens (tertiary/aromatic N) is 2. The number of aromatic nitrogens is 1. The first-order valence-electron chi connectivity index (χ1n) is 10.1. The van der Waals surface area contributed by atoms with E-state index in [1.807, 2.05) is 17.0 Å². The minimum atomic E-state index is -4.39. The lowest BCUT2D eigenvalue weighted by molar-refractivity contribution is -0.153. The molecule has 1 saturated carbocycles. The van der Waals surface area contributed by atoms with Crippen LogP contribution in [-0.4, -0.2) is 42.8 Å². The highest BCUT2D eigenvalue weighted by Crippen LogP contribution is 2.39. The van der Waals surface area contributed by atoms with Gasteiger partial charge in [-0.05, 0) is 36.3 Å². The van der Waals surface area contributed by atoms with Crippen molar-refractivity contribution >= 4 is 11.6 Å². The van der Waals surface area contributed by atoms with Crippen LogP contribution in [-0.2, 0) is 11.2 Å². The van der Waals surface area contributed by atoms with Crippen molar-refractivity contribution in [3.63, 3.8) is 0 Å². The van der Waals surface area contributed by atoms with Gasteiger partial charge in [0.15, 0.2) is 6.61 Å². The van der Waals surface area contributed by atoms with Crippen LogP contribution in [0.3, 0.4) is 0 Å². The molecule has 2 aliphatic rings. The molecule has 5 nitrogen and oxygen atoms in total. The number of halogens is 3. The normalized spacial score (nSPS) is 19.0. The number of anilines is 1. The highest BCUT2D eigenvalue weighted by atomic mass is 19.4. The van der Waals surface area contributed by atoms with Crippen LogP contribution in [0, 0.1) is 0 Å². The van der Waals surface area contributed by atoms with Gasteiger partial charge in [0.05, 0.1) is 24.5 Å². The molecule has 1 aromatic heterocycles. The molecule has 1 aliphatic carbocycles. The summed E-state index contributed by atoms with van der Waals surface area (Å²) >= 11 is 0. The molecule has 30 heavy (non-hydrogen) atoms. The van der Waals surface area contributed by atoms with Gasteiger partial charge in [0.2, 0.25) is 5.91 Å². The molecule has 2 aromatic rings. The SMILES string of the molecule is O=C(Cc1ccc(C2CC2)cc1)NC1CCN(c2cncc(OCC(F)(F)F)c2)C1. The molecule has 1 amide bonds. The molecule has 0 bridgehead atoms. The summed E-state index contributed by atoms with van der Waals surface area (Å²) in [5.74, 6) is 0.748. The van der Waals surface area contributed by atoms with Gasteiger partial charge in [0.25, 0.3) is 0 Å². The molecule has 0 spiro atoms. The summed E-state index contributed by atoms with van der Waals surface area (Å²) in [6.45, 7) is -0.0827. The van der Waals surface area contributed by atoms with Gasteiger partial charge < -0.3 is 15.0 Å². The Balaban J connectivity index is 1.27. The van der Waals surface area contributed by atoms with Crippen LogP contribution >= 0.6 is 0 Å². The molecule has 1 aromatic carbocycles. The van der Waals surface area contributed by atoms with E-state index in [-0.39, 0.29) is 17.7 Å². The van der Waals surface area contributed by atoms with Crippen LogP contribution in [0.1, 0.15) is 36.3 Å². The number of hydrogen-bond donors (Lipinski definition) is 1. The predicted molar refractivity (Wildman–Crippen MR) is 107 cm³/mol. The van der Waals surface area contributed by atoms with Crippen molar-refractivity contribution < 1.29 is 22.7 Å². The van der Waals surface area contributed by atoms with Crippen molar-refractivity contribution in [2.75, 3.05) is 24.6 Å². The third-order valence-corrected chi connectivity index (χ3v) is 5.41. The Morgan fingerprint density at radius 2 is 1.93 bits per heavy atom. The van der Waals surface area contributed by atoms with Crippen LogP contribution in [0.5, 0.6) is 5.75 Å². The van der Waals surface area contributed by atoms with Crippen molar-refractivity contribution in [3.8, 4) is 5.75 Å². The maximum atomic E-state index is 12.4. The standard InChI is InChI=1S/C22H24F3N3O2/c23-22(24,25)14-30-20-10-19(11-26-12-20)28-8-7-18(13-28)27-21(29)9-15-1-3-16(4-2-15)17-5-6-17/h1-4,10-12,17-18H,5-9,13-14H2,(H,27,29). The van der Waals surface area contributed by atoms with E-state index < -0.39 is 12.8 Å². The van der Waals surface area contributed by atoms with Crippen LogP contribution in [0.25, 0.3) is 0 Å². The third kappa shape index (κ3) is 5.64. The smallest absolute Gasteiger partial charge is 0.422 e. The lowest BCUT2D eigenvalue weighted by Gasteiger charge is -2.19. The number of carbonyl (C=O) groups excluding carboxylic acids is 1. The van der Waals surface area contributed by atoms with Crippen LogP contribution in [0.15, 0.2) is 42.7 Å². The monoisotopic (exact) mass is 419 g/mol. The quantitative estimate of drug-likeness (QED) is 0.741. The fraction of sp³-hybridized carbons (Fsp3) is 0.455. The van der Waals surface area contributed by atoms with E-state index in [0.29, 0.717) is 31.1 Å². The molecule has 1 aliphatic heterocycles. The summed E-state index contributed by atoms with van der Waals surface area (Å²) in [6, 6.07) is 9.79. The van der Waals surface area contributed by atoms with E-state index in [1.54, 1.807) is 12.3 Å². The minimum Gasteiger partial charge on any atom is -0.482 e. The molecular weight excluding hydrogens is 395 g/mol. The second-order valence-corrected chi connectivity index (χ2v) is 7.97. The summed E-state index contributed by atoms with van der Waals surface area (Å²) in [5.41, 5.74) is 3.02. The maximum Gasteiger partial charge on any atom is 0.422 e. The van der Waals surface area contributed by atoms with Gasteiger partial charge in [0, 0.05) is 25.2 Å². The van der Waals surface area contributed by atoms with Gasteiger partial charge in [-0.15, -0.1) is 0 Å². The molecule has 1 N–H and O–H groups in total. The lowest BCUT2D eigenvalue weighted by atomic mass is 10.1. The van der Waals surface area contributed by atoms with E-state index in [1.165, 1.54) is 24.6 Å². The largest absolute Gasteiger partial charge is 0.482 e. The van der Waals surface area contributed by atoms with Gasteiger partial charge in [-0.25, -0.2) is 0 Å². The number of ether oxygens (including phenoxy) is 1. The average molecular weight is 419 g/mol. The van der Waals surface area contributed by atoms with Crippen molar-refractivity contribution in [2.24, 2.45) is 0 Å². The Labute approximate surface area is 173 Å². The van der Waals surface area contributed by atoms with E-state index in [2.05, 4.69) is 22.4 Å². The van der Waals surface area contributed by atoms with Crippen molar-refractivity contribution in [3.05, 3.63) is 53.9 Å². The highest BCUT2D eigenvalue weighted by Gasteiger charge is 2.29. The zero-order chi connectivity index (χ0) is 21.1. The minimum absolute atomic E-state index is 0.0111. The van der Waals surface area contributed by atoms with Gasteiger partial charge in [0.1, 0.15) is 5.75 Å². The van der Waals surface area contributed by atoms with Gasteiger partial charge in [-0.1, -0.05) is 24.3 Å². The fourth-order valence-electron chi connectivity index (χ4n) is 3.73. The van der Waals surface area contributed by atoms with Crippen molar-refractivity contribution in [2.45, 2.75) is 43.8 Å². The number of pyridine rings is 1. The summed E-state index contributed by atoms with van der Waals surface area (Å²) in [4.78, 5) is 18.4. The maximum absolute atomic E-state index is 12.4. The zero-order valence-corrected chi connectivity index (χ0v) is 16.5. The van der Waals surface area contributed by atoms with Crippen LogP contribution in [0.2, 0.25) is 0 Å². The topological polar surface area (TPSA) is 54.5 Å². The van der Waals surface area contributed by atoms with E-state index in [0.717, 1.165) is 12.0 Å². The number of rotatable bonds is 7. The Kier molecular flexibility index (Phi) is 5.83. The first kappa shape index (κ1) is 20.5. The summed E-state index contributed by atoms with van der Waals surface area (Å²) in [6.07, 6.45) is 2.07. The van der Waals surface area contributed by atoms with E-state index >= 15 is 0 Å². The zero-order valence-electron chi connectivity index (χ0n) is 16.5. The summed E-state index contributed by atoms with van der Waals surface area (Å²) < 4.78 is 41.8. The molecule has 160 valence electrons. The number of carbonyl (C=O) groups is 1. The second-order valence-electron chi connectivity index (χ2n) is 7.97. The highest BCUT2D eigenvalue weighted by molar-refractivity contribution is 5.79. The molecule has 1 unspecified atom stereocenters. The molecule has 8 heteroatoms. The second kappa shape index (κ2) is 8.53. The van der Waals surface area contributed by atoms with Crippen LogP contribution in [0.4, 0.5) is 18.9 Å². The molecule has 0 radical (unpaired) electrons. The Hall–Kier alpha value is -2.77. The molecule has 2 fully saturated rings. The average Bonchev–Trinajstić information content (AvgIpc) is 3.46. The number of benzene rings is 1. The van der Waals surface area contributed by atoms with Crippen molar-refractivity contribution in [1.29, 1.82) is 0 Å². The number of nitrogens with one attached hydrogen (secondary N) is 1. The van der Waals surface area contributed by atoms with Crippen molar-refractivity contribution in [1.82, 2.24) is 10.3 Å². The number of amides is 1. The first-order valence-corrected chi connectivity index (χ1v) is 10.1. The molecule has 2 heterocycles. The van der Waals surface area contributed by atoms with Gasteiger partial charge in [-0.3, -0.25) is 9.78 Å². The summed E-state index contributed by atoms with van der Waals surface area (Å²) in [7, 11) is 0. The Morgan fingerprint density at radius 1 is 1.17 bits per heavy atom. The van der Waals surface area contributed by atoms with Gasteiger partial charge in [-0.2, -0.15) is 13.2 Å². The molecule has 1 saturated heterocycles. The third-order valence-electron chi connectivity index (χ3n) is 5.41. The number of alkyl halides is 3. The molecule has 4 rings (SSSR count). The Morgan fingerprint density at radius 3 is 2.63 bits per heavy atom. The molecular formula is C22H24F3N3O2. The Bertz CT molecular complexity index is 882. The first-order chi connectivity index (χ1) is 14.4. The van der Waals surface area contributed by atoms with E-state index in [9.17, 15) is 18.0 Å². The van der Waals surface area contributed by atoms with Crippen LogP contribution < -0.4 is 15.0 Å². The molecule has 1 atom stereocenters. The lowest BCUT2D eigenvalue weighted by Crippen LogP contribution is -2.38. The fourth-order valence-corrected chi connectivity index (χ4v) is 3.73. The predicted octanol–water partition coefficient (Wildman–Crippen LogP) is 3.84. The summed E-state index contributed by atoms with van der Waals surface area (Å²) in [5, 5.41) is 3.06. The number of hydrogen-bond acceptors (Lipinski definition) is 4.